The quantitative estimate of drug-likeness (QED) is 0.367. The highest BCUT2D eigenvalue weighted by Crippen LogP contribution is 2.37. The molecule has 0 spiro atoms. The van der Waals surface area contributed by atoms with Gasteiger partial charge in [0.1, 0.15) is 18.0 Å². The Labute approximate surface area is 196 Å². The van der Waals surface area contributed by atoms with Gasteiger partial charge in [-0.2, -0.15) is 0 Å². The van der Waals surface area contributed by atoms with Gasteiger partial charge in [0.2, 0.25) is 0 Å². The van der Waals surface area contributed by atoms with Crippen LogP contribution in [0.4, 0.5) is 10.5 Å². The lowest BCUT2D eigenvalue weighted by Gasteiger charge is -2.29. The molecule has 4 nitrogen and oxygen atoms in total. The molecule has 0 aliphatic heterocycles. The van der Waals surface area contributed by atoms with Gasteiger partial charge in [-0.3, -0.25) is 4.90 Å². The van der Waals surface area contributed by atoms with Crippen molar-refractivity contribution >= 4 is 34.2 Å². The van der Waals surface area contributed by atoms with Crippen LogP contribution in [0, 0.1) is 0 Å². The van der Waals surface area contributed by atoms with Crippen molar-refractivity contribution in [2.24, 2.45) is 0 Å². The van der Waals surface area contributed by atoms with Crippen LogP contribution in [-0.2, 0) is 11.2 Å². The molecule has 2 rings (SSSR count). The summed E-state index contributed by atoms with van der Waals surface area (Å²) in [5.74, 6) is 0.671. The fraction of sp³-hybridized carbons (Fsp3) is 0.296. The highest BCUT2D eigenvalue weighted by molar-refractivity contribution is 6.25. The molecule has 0 unspecified atom stereocenters. The van der Waals surface area contributed by atoms with E-state index in [9.17, 15) is 4.79 Å². The van der Waals surface area contributed by atoms with Crippen LogP contribution in [0.2, 0.25) is 0 Å². The van der Waals surface area contributed by atoms with Crippen LogP contribution >= 0.6 is 11.6 Å². The maximum absolute atomic E-state index is 13.1. The molecule has 32 heavy (non-hydrogen) atoms. The number of aryl methyl sites for hydroxylation is 1. The van der Waals surface area contributed by atoms with Gasteiger partial charge in [0, 0.05) is 23.5 Å². The van der Waals surface area contributed by atoms with Crippen molar-refractivity contribution in [1.82, 2.24) is 0 Å². The Hall–Kier alpha value is -2.98. The molecule has 5 heteroatoms. The first-order valence-corrected chi connectivity index (χ1v) is 11.1. The second kappa shape index (κ2) is 11.6. The molecular formula is C27H32ClNO3. The first-order valence-electron chi connectivity index (χ1n) is 10.6. The van der Waals surface area contributed by atoms with Gasteiger partial charge in [0.05, 0.1) is 5.69 Å². The van der Waals surface area contributed by atoms with Crippen molar-refractivity contribution in [3.05, 3.63) is 84.5 Å². The zero-order chi connectivity index (χ0) is 23.7. The molecule has 0 saturated carbocycles. The van der Waals surface area contributed by atoms with Gasteiger partial charge >= 0.3 is 6.09 Å². The maximum atomic E-state index is 13.1. The molecule has 170 valence electrons. The minimum Gasteiger partial charge on any atom is -0.488 e. The lowest BCUT2D eigenvalue weighted by molar-refractivity contribution is 0.0584. The molecule has 0 aliphatic rings. The number of hydrogen-bond acceptors (Lipinski definition) is 3. The maximum Gasteiger partial charge on any atom is 0.415 e. The van der Waals surface area contributed by atoms with Crippen LogP contribution in [0.5, 0.6) is 5.75 Å². The molecule has 0 atom stereocenters. The monoisotopic (exact) mass is 453 g/mol. The predicted octanol–water partition coefficient (Wildman–Crippen LogP) is 7.57. The minimum absolute atomic E-state index is 0.276. The number of allylic oxidation sites excluding steroid dienone is 2. The fourth-order valence-electron chi connectivity index (χ4n) is 3.28. The third-order valence-electron chi connectivity index (χ3n) is 4.61. The fourth-order valence-corrected chi connectivity index (χ4v) is 3.36. The summed E-state index contributed by atoms with van der Waals surface area (Å²) in [7, 11) is 0. The molecule has 0 saturated heterocycles. The van der Waals surface area contributed by atoms with Crippen molar-refractivity contribution in [3.8, 4) is 5.75 Å². The van der Waals surface area contributed by atoms with Gasteiger partial charge in [-0.05, 0) is 43.7 Å². The van der Waals surface area contributed by atoms with Crippen LogP contribution in [0.15, 0.2) is 78.9 Å². The van der Waals surface area contributed by atoms with Crippen LogP contribution < -0.4 is 9.64 Å². The van der Waals surface area contributed by atoms with E-state index in [1.807, 2.05) is 63.3 Å². The zero-order valence-electron chi connectivity index (χ0n) is 19.4. The number of rotatable bonds is 9. The van der Waals surface area contributed by atoms with Gasteiger partial charge in [-0.1, -0.05) is 80.3 Å². The van der Waals surface area contributed by atoms with Crippen molar-refractivity contribution in [1.29, 1.82) is 0 Å². The van der Waals surface area contributed by atoms with Crippen LogP contribution in [0.25, 0.3) is 10.8 Å². The van der Waals surface area contributed by atoms with Crippen molar-refractivity contribution < 1.29 is 14.3 Å². The molecule has 0 heterocycles. The number of carbonyl (C=O) groups is 1. The molecule has 1 amide bonds. The molecule has 0 aromatic heterocycles. The van der Waals surface area contributed by atoms with E-state index in [4.69, 9.17) is 21.1 Å². The lowest BCUT2D eigenvalue weighted by Crippen LogP contribution is -2.37. The third kappa shape index (κ3) is 6.76. The Morgan fingerprint density at radius 2 is 1.91 bits per heavy atom. The smallest absolute Gasteiger partial charge is 0.415 e. The van der Waals surface area contributed by atoms with Crippen molar-refractivity contribution in [2.45, 2.75) is 39.7 Å². The molecule has 0 bridgehead atoms. The normalized spacial score (nSPS) is 11.8. The highest BCUT2D eigenvalue weighted by Gasteiger charge is 2.26. The summed E-state index contributed by atoms with van der Waals surface area (Å²) in [6.07, 6.45) is 7.36. The molecule has 2 aromatic carbocycles. The summed E-state index contributed by atoms with van der Waals surface area (Å²) >= 11 is 5.79. The van der Waals surface area contributed by atoms with Gasteiger partial charge in [0.25, 0.3) is 0 Å². The molecule has 2 aromatic rings. The highest BCUT2D eigenvalue weighted by atomic mass is 35.5. The van der Waals surface area contributed by atoms with E-state index >= 15 is 0 Å². The van der Waals surface area contributed by atoms with Crippen molar-refractivity contribution in [3.63, 3.8) is 0 Å². The van der Waals surface area contributed by atoms with Gasteiger partial charge in [-0.15, -0.1) is 0 Å². The Morgan fingerprint density at radius 3 is 2.50 bits per heavy atom. The summed E-state index contributed by atoms with van der Waals surface area (Å²) in [4.78, 5) is 14.7. The average Bonchev–Trinajstić information content (AvgIpc) is 2.74. The summed E-state index contributed by atoms with van der Waals surface area (Å²) in [6, 6.07) is 9.92. The van der Waals surface area contributed by atoms with E-state index in [2.05, 4.69) is 20.1 Å². The van der Waals surface area contributed by atoms with Crippen LogP contribution in [0.3, 0.4) is 0 Å². The number of hydrogen-bond donors (Lipinski definition) is 0. The largest absolute Gasteiger partial charge is 0.488 e. The van der Waals surface area contributed by atoms with E-state index in [-0.39, 0.29) is 6.54 Å². The van der Waals surface area contributed by atoms with Crippen LogP contribution in [0.1, 0.15) is 33.3 Å². The lowest BCUT2D eigenvalue weighted by atomic mass is 9.99. The summed E-state index contributed by atoms with van der Waals surface area (Å²) in [6.45, 7) is 15.9. The summed E-state index contributed by atoms with van der Waals surface area (Å²) in [5, 5.41) is 2.00. The minimum atomic E-state index is -0.627. The summed E-state index contributed by atoms with van der Waals surface area (Å²) < 4.78 is 11.8. The Bertz CT molecular complexity index is 1030. The molecule has 0 N–H and O–H groups in total. The number of fused-ring (bicyclic) bond motifs is 1. The second-order valence-corrected chi connectivity index (χ2v) is 8.52. The third-order valence-corrected chi connectivity index (χ3v) is 4.79. The number of halogens is 1. The van der Waals surface area contributed by atoms with Gasteiger partial charge < -0.3 is 9.47 Å². The second-order valence-electron chi connectivity index (χ2n) is 8.27. The first kappa shape index (κ1) is 25.3. The Morgan fingerprint density at radius 1 is 1.22 bits per heavy atom. The summed E-state index contributed by atoms with van der Waals surface area (Å²) in [5.41, 5.74) is 3.35. The average molecular weight is 454 g/mol. The zero-order valence-corrected chi connectivity index (χ0v) is 20.1. The predicted molar refractivity (Wildman–Crippen MR) is 136 cm³/mol. The first-order chi connectivity index (χ1) is 15.2. The number of carbonyl (C=O) groups excluding carboxylic acids is 1. The Balaban J connectivity index is 2.61. The number of nitrogens with zero attached hydrogens (tertiary/aromatic N) is 1. The number of benzene rings is 2. The van der Waals surface area contributed by atoms with E-state index in [1.165, 1.54) is 5.54 Å². The number of amides is 1. The topological polar surface area (TPSA) is 38.8 Å². The van der Waals surface area contributed by atoms with Gasteiger partial charge in [-0.25, -0.2) is 4.79 Å². The van der Waals surface area contributed by atoms with E-state index in [1.54, 1.807) is 17.1 Å². The molecule has 0 aliphatic carbocycles. The Kier molecular flexibility index (Phi) is 9.15. The van der Waals surface area contributed by atoms with E-state index < -0.39 is 11.7 Å². The number of ether oxygens (including phenoxy) is 2. The molecular weight excluding hydrogens is 422 g/mol. The molecule has 0 fully saturated rings. The molecule has 0 radical (unpaired) electrons. The number of anilines is 1. The van der Waals surface area contributed by atoms with E-state index in [0.717, 1.165) is 34.0 Å². The van der Waals surface area contributed by atoms with E-state index in [0.29, 0.717) is 12.4 Å². The SMILES string of the molecule is C=C/C=C\C(=C)COc1cc(N(C/C=C/Cl)C(=O)OC(C)(C)C)c(CC)c2ccccc12. The van der Waals surface area contributed by atoms with Gasteiger partial charge in [0.15, 0.2) is 0 Å². The standard InChI is InChI=1S/C27H32ClNO3/c1-7-9-13-20(3)19-31-25-18-24(21(8-2)22-14-10-11-15-23(22)25)29(17-12-16-28)26(30)32-27(4,5)6/h7,9-16,18H,1,3,8,17,19H2,2,4-6H3/b13-9-,16-12+. The van der Waals surface area contributed by atoms with Crippen LogP contribution in [-0.4, -0.2) is 24.8 Å². The van der Waals surface area contributed by atoms with Crippen molar-refractivity contribution in [2.75, 3.05) is 18.1 Å².